The number of benzene rings is 3. The summed E-state index contributed by atoms with van der Waals surface area (Å²) >= 11 is 0. The van der Waals surface area contributed by atoms with E-state index < -0.39 is 0 Å². The van der Waals surface area contributed by atoms with E-state index in [0.29, 0.717) is 34.8 Å². The molecule has 5 rings (SSSR count). The highest BCUT2D eigenvalue weighted by molar-refractivity contribution is 6.37. The number of ether oxygens (including phenoxy) is 2. The molecule has 2 aliphatic heterocycles. The first-order valence-corrected chi connectivity index (χ1v) is 13.0. The number of nitrogens with one attached hydrogen (secondary N) is 2. The van der Waals surface area contributed by atoms with Gasteiger partial charge in [-0.1, -0.05) is 48.9 Å². The number of hydrogen-bond donors (Lipinski definition) is 2. The molecule has 192 valence electrons. The van der Waals surface area contributed by atoms with Gasteiger partial charge in [0, 0.05) is 35.9 Å². The Hall–Kier alpha value is -3.77. The third kappa shape index (κ3) is 5.07. The van der Waals surface area contributed by atoms with Crippen LogP contribution in [0.2, 0.25) is 0 Å². The van der Waals surface area contributed by atoms with Crippen molar-refractivity contribution in [3.05, 3.63) is 83.4 Å². The maximum absolute atomic E-state index is 13.3. The quantitative estimate of drug-likeness (QED) is 0.370. The summed E-state index contributed by atoms with van der Waals surface area (Å²) in [5.41, 5.74) is 5.94. The van der Waals surface area contributed by atoms with Gasteiger partial charge in [-0.3, -0.25) is 9.69 Å². The Morgan fingerprint density at radius 1 is 0.946 bits per heavy atom. The summed E-state index contributed by atoms with van der Waals surface area (Å²) in [6, 6.07) is 23.4. The van der Waals surface area contributed by atoms with Gasteiger partial charge in [-0.05, 0) is 56.0 Å². The van der Waals surface area contributed by atoms with Gasteiger partial charge >= 0.3 is 0 Å². The van der Waals surface area contributed by atoms with Crippen LogP contribution < -0.4 is 20.1 Å². The number of carbonyl (C=O) groups is 1. The molecule has 0 aromatic heterocycles. The maximum atomic E-state index is 13.3. The molecule has 0 radical (unpaired) electrons. The molecule has 3 aromatic carbocycles. The van der Waals surface area contributed by atoms with E-state index in [2.05, 4.69) is 53.6 Å². The first-order chi connectivity index (χ1) is 18.0. The van der Waals surface area contributed by atoms with E-state index in [-0.39, 0.29) is 5.91 Å². The number of likely N-dealkylation sites (tertiary alicyclic amines) is 1. The molecule has 0 aliphatic carbocycles. The predicted molar refractivity (Wildman–Crippen MR) is 150 cm³/mol. The molecular formula is C31H35N3O3. The zero-order chi connectivity index (χ0) is 25.9. The molecule has 0 spiro atoms. The largest absolute Gasteiger partial charge is 0.493 e. The Balaban J connectivity index is 1.49. The van der Waals surface area contributed by atoms with E-state index in [1.54, 1.807) is 20.3 Å². The van der Waals surface area contributed by atoms with Crippen molar-refractivity contribution in [3.8, 4) is 11.5 Å². The molecule has 1 saturated heterocycles. The van der Waals surface area contributed by atoms with Crippen molar-refractivity contribution in [2.24, 2.45) is 0 Å². The van der Waals surface area contributed by atoms with Crippen molar-refractivity contribution in [3.63, 3.8) is 0 Å². The van der Waals surface area contributed by atoms with E-state index in [1.165, 1.54) is 24.8 Å². The van der Waals surface area contributed by atoms with Gasteiger partial charge in [0.2, 0.25) is 0 Å². The Kier molecular flexibility index (Phi) is 7.19. The third-order valence-electron chi connectivity index (χ3n) is 7.55. The summed E-state index contributed by atoms with van der Waals surface area (Å²) < 4.78 is 11.0. The van der Waals surface area contributed by atoms with Crippen LogP contribution >= 0.6 is 0 Å². The van der Waals surface area contributed by atoms with Gasteiger partial charge in [0.05, 0.1) is 31.2 Å². The molecule has 1 amide bonds. The van der Waals surface area contributed by atoms with Gasteiger partial charge in [-0.15, -0.1) is 0 Å². The minimum absolute atomic E-state index is 0.165. The third-order valence-corrected chi connectivity index (χ3v) is 7.55. The summed E-state index contributed by atoms with van der Waals surface area (Å²) in [6.45, 7) is 5.62. The van der Waals surface area contributed by atoms with Crippen molar-refractivity contribution in [2.45, 2.75) is 51.7 Å². The van der Waals surface area contributed by atoms with Crippen molar-refractivity contribution in [1.29, 1.82) is 0 Å². The number of anilines is 2. The lowest BCUT2D eigenvalue weighted by Gasteiger charge is -2.39. The lowest BCUT2D eigenvalue weighted by molar-refractivity contribution is -0.110. The predicted octanol–water partition coefficient (Wildman–Crippen LogP) is 6.40. The minimum atomic E-state index is -0.165. The number of carbonyl (C=O) groups excluding carboxylic acids is 1. The normalized spacial score (nSPS) is 20.7. The SMILES string of the molecule is COc1cc2c(cc1OC)C(=C(Nc1ccc(CN3C(C)CCCC3C)cc1)c1ccccc1)C(=O)N2. The highest BCUT2D eigenvalue weighted by Crippen LogP contribution is 2.43. The Labute approximate surface area is 219 Å². The van der Waals surface area contributed by atoms with Crippen LogP contribution in [0, 0.1) is 0 Å². The van der Waals surface area contributed by atoms with Crippen molar-refractivity contribution in [1.82, 2.24) is 4.90 Å². The fourth-order valence-electron chi connectivity index (χ4n) is 5.46. The van der Waals surface area contributed by atoms with Gasteiger partial charge in [-0.2, -0.15) is 0 Å². The summed E-state index contributed by atoms with van der Waals surface area (Å²) in [7, 11) is 3.19. The molecule has 37 heavy (non-hydrogen) atoms. The molecule has 2 N–H and O–H groups in total. The molecule has 2 aliphatic rings. The lowest BCUT2D eigenvalue weighted by Crippen LogP contribution is -2.42. The summed E-state index contributed by atoms with van der Waals surface area (Å²) in [5.74, 6) is 0.986. The Bertz CT molecular complexity index is 1290. The standard InChI is InChI=1S/C31H35N3O3/c1-20-9-8-10-21(2)34(20)19-22-13-15-24(16-14-22)32-30(23-11-6-5-7-12-23)29-25-17-27(36-3)28(37-4)18-26(25)33-31(29)35/h5-7,11-18,20-21,32H,8-10,19H2,1-4H3,(H,33,35). The lowest BCUT2D eigenvalue weighted by atomic mass is 9.96. The fraction of sp³-hybridized carbons (Fsp3) is 0.323. The summed E-state index contributed by atoms with van der Waals surface area (Å²) in [5, 5.41) is 6.55. The number of rotatable bonds is 7. The number of nitrogens with zero attached hydrogens (tertiary/aromatic N) is 1. The van der Waals surface area contributed by atoms with Gasteiger partial charge < -0.3 is 20.1 Å². The van der Waals surface area contributed by atoms with Crippen LogP contribution in [0.1, 0.15) is 49.8 Å². The van der Waals surface area contributed by atoms with Crippen LogP contribution in [-0.2, 0) is 11.3 Å². The molecule has 3 aromatic rings. The Morgan fingerprint density at radius 2 is 1.59 bits per heavy atom. The average Bonchev–Trinajstić information content (AvgIpc) is 3.24. The first-order valence-electron chi connectivity index (χ1n) is 13.0. The van der Waals surface area contributed by atoms with Crippen LogP contribution in [-0.4, -0.2) is 37.1 Å². The van der Waals surface area contributed by atoms with E-state index in [9.17, 15) is 4.79 Å². The second kappa shape index (κ2) is 10.7. The van der Waals surface area contributed by atoms with Gasteiger partial charge in [0.15, 0.2) is 11.5 Å². The molecule has 6 heteroatoms. The van der Waals surface area contributed by atoms with E-state index in [4.69, 9.17) is 9.47 Å². The minimum Gasteiger partial charge on any atom is -0.493 e. The van der Waals surface area contributed by atoms with Crippen LogP contribution in [0.3, 0.4) is 0 Å². The van der Waals surface area contributed by atoms with Crippen molar-refractivity contribution in [2.75, 3.05) is 24.9 Å². The van der Waals surface area contributed by atoms with Gasteiger partial charge in [-0.25, -0.2) is 0 Å². The van der Waals surface area contributed by atoms with E-state index in [0.717, 1.165) is 29.1 Å². The first kappa shape index (κ1) is 24.9. The number of fused-ring (bicyclic) bond motifs is 1. The average molecular weight is 498 g/mol. The van der Waals surface area contributed by atoms with E-state index >= 15 is 0 Å². The smallest absolute Gasteiger partial charge is 0.258 e. The van der Waals surface area contributed by atoms with Gasteiger partial charge in [0.1, 0.15) is 0 Å². The zero-order valence-electron chi connectivity index (χ0n) is 22.0. The fourth-order valence-corrected chi connectivity index (χ4v) is 5.46. The molecule has 2 unspecified atom stereocenters. The second-order valence-electron chi connectivity index (χ2n) is 9.95. The molecule has 6 nitrogen and oxygen atoms in total. The van der Waals surface area contributed by atoms with Crippen LogP contribution in [0.25, 0.3) is 11.3 Å². The molecule has 0 bridgehead atoms. The number of piperidine rings is 1. The highest BCUT2D eigenvalue weighted by Gasteiger charge is 2.30. The molecule has 2 heterocycles. The van der Waals surface area contributed by atoms with Crippen LogP contribution in [0.4, 0.5) is 11.4 Å². The molecular weight excluding hydrogens is 462 g/mol. The Morgan fingerprint density at radius 3 is 2.24 bits per heavy atom. The zero-order valence-corrected chi connectivity index (χ0v) is 22.0. The number of hydrogen-bond acceptors (Lipinski definition) is 5. The van der Waals surface area contributed by atoms with Crippen LogP contribution in [0.5, 0.6) is 11.5 Å². The highest BCUT2D eigenvalue weighted by atomic mass is 16.5. The second-order valence-corrected chi connectivity index (χ2v) is 9.95. The number of methoxy groups -OCH3 is 2. The maximum Gasteiger partial charge on any atom is 0.258 e. The topological polar surface area (TPSA) is 62.8 Å². The van der Waals surface area contributed by atoms with Crippen LogP contribution in [0.15, 0.2) is 66.7 Å². The summed E-state index contributed by atoms with van der Waals surface area (Å²) in [4.78, 5) is 15.9. The molecule has 1 fully saturated rings. The number of amides is 1. The van der Waals surface area contributed by atoms with Gasteiger partial charge in [0.25, 0.3) is 5.91 Å². The van der Waals surface area contributed by atoms with E-state index in [1.807, 2.05) is 36.4 Å². The molecule has 0 saturated carbocycles. The molecule has 2 atom stereocenters. The van der Waals surface area contributed by atoms with Crippen molar-refractivity contribution < 1.29 is 14.3 Å². The summed E-state index contributed by atoms with van der Waals surface area (Å²) in [6.07, 6.45) is 3.84. The van der Waals surface area contributed by atoms with Crippen molar-refractivity contribution >= 4 is 28.6 Å². The monoisotopic (exact) mass is 497 g/mol.